The number of nitrogens with zero attached hydrogens (tertiary/aromatic N) is 2. The smallest absolute Gasteiger partial charge is 0.225 e. The van der Waals surface area contributed by atoms with Gasteiger partial charge in [0.05, 0.1) is 18.0 Å². The Balaban J connectivity index is 2.46. The lowest BCUT2D eigenvalue weighted by Gasteiger charge is -2.09. The van der Waals surface area contributed by atoms with Crippen molar-refractivity contribution >= 4 is 17.4 Å². The van der Waals surface area contributed by atoms with Gasteiger partial charge in [0.15, 0.2) is 5.82 Å². The van der Waals surface area contributed by atoms with E-state index in [4.69, 9.17) is 10.5 Å². The Bertz CT molecular complexity index is 342. The SMILES string of the molecule is COC(C)CCC(=O)Nc1c(N)cnn1C. The molecule has 0 saturated heterocycles. The van der Waals surface area contributed by atoms with Crippen molar-refractivity contribution in [3.63, 3.8) is 0 Å². The van der Waals surface area contributed by atoms with Crippen LogP contribution in [-0.4, -0.2) is 28.9 Å². The summed E-state index contributed by atoms with van der Waals surface area (Å²) in [7, 11) is 3.35. The number of rotatable bonds is 5. The number of anilines is 2. The fraction of sp³-hybridized carbons (Fsp3) is 0.600. The van der Waals surface area contributed by atoms with Crippen LogP contribution in [-0.2, 0) is 16.6 Å². The number of carbonyl (C=O) groups is 1. The number of nitrogen functional groups attached to an aromatic ring is 1. The number of ether oxygens (including phenoxy) is 1. The van der Waals surface area contributed by atoms with Crippen LogP contribution < -0.4 is 11.1 Å². The van der Waals surface area contributed by atoms with E-state index in [-0.39, 0.29) is 12.0 Å². The maximum Gasteiger partial charge on any atom is 0.225 e. The summed E-state index contributed by atoms with van der Waals surface area (Å²) in [6.07, 6.45) is 2.67. The van der Waals surface area contributed by atoms with Crippen molar-refractivity contribution < 1.29 is 9.53 Å². The summed E-state index contributed by atoms with van der Waals surface area (Å²) in [6.45, 7) is 1.92. The lowest BCUT2D eigenvalue weighted by Crippen LogP contribution is -2.17. The van der Waals surface area contributed by atoms with E-state index in [1.54, 1.807) is 14.2 Å². The van der Waals surface area contributed by atoms with E-state index in [1.807, 2.05) is 6.92 Å². The van der Waals surface area contributed by atoms with Crippen molar-refractivity contribution in [1.29, 1.82) is 0 Å². The zero-order valence-electron chi connectivity index (χ0n) is 9.86. The molecular formula is C10H18N4O2. The first-order valence-corrected chi connectivity index (χ1v) is 5.14. The van der Waals surface area contributed by atoms with Crippen molar-refractivity contribution in [3.05, 3.63) is 6.20 Å². The van der Waals surface area contributed by atoms with Gasteiger partial charge in [-0.1, -0.05) is 0 Å². The third-order valence-electron chi connectivity index (χ3n) is 2.41. The molecule has 0 bridgehead atoms. The van der Waals surface area contributed by atoms with Gasteiger partial charge in [-0.2, -0.15) is 5.10 Å². The summed E-state index contributed by atoms with van der Waals surface area (Å²) in [5.41, 5.74) is 6.12. The molecule has 1 atom stereocenters. The van der Waals surface area contributed by atoms with Crippen LogP contribution in [0.1, 0.15) is 19.8 Å². The number of nitrogens with two attached hydrogens (primary N) is 1. The van der Waals surface area contributed by atoms with Gasteiger partial charge in [-0.05, 0) is 13.3 Å². The van der Waals surface area contributed by atoms with Crippen molar-refractivity contribution in [2.24, 2.45) is 7.05 Å². The average molecular weight is 226 g/mol. The number of amides is 1. The molecule has 6 heteroatoms. The van der Waals surface area contributed by atoms with Crippen molar-refractivity contribution in [2.75, 3.05) is 18.2 Å². The molecule has 6 nitrogen and oxygen atoms in total. The van der Waals surface area contributed by atoms with Crippen LogP contribution in [0.25, 0.3) is 0 Å². The Labute approximate surface area is 94.8 Å². The first-order valence-electron chi connectivity index (χ1n) is 5.14. The monoisotopic (exact) mass is 226 g/mol. The predicted octanol–water partition coefficient (Wildman–Crippen LogP) is 0.756. The Morgan fingerprint density at radius 3 is 2.94 bits per heavy atom. The maximum atomic E-state index is 11.6. The average Bonchev–Trinajstić information content (AvgIpc) is 2.57. The highest BCUT2D eigenvalue weighted by Gasteiger charge is 2.10. The normalized spacial score (nSPS) is 12.4. The lowest BCUT2D eigenvalue weighted by molar-refractivity contribution is -0.116. The molecule has 90 valence electrons. The second kappa shape index (κ2) is 5.50. The van der Waals surface area contributed by atoms with Crippen molar-refractivity contribution in [1.82, 2.24) is 9.78 Å². The van der Waals surface area contributed by atoms with Gasteiger partial charge < -0.3 is 15.8 Å². The van der Waals surface area contributed by atoms with Crippen LogP contribution in [0.15, 0.2) is 6.20 Å². The van der Waals surface area contributed by atoms with Gasteiger partial charge in [0.25, 0.3) is 0 Å². The van der Waals surface area contributed by atoms with E-state index in [2.05, 4.69) is 10.4 Å². The standard InChI is InChI=1S/C10H18N4O2/c1-7(16-3)4-5-9(15)13-10-8(11)6-12-14(10)2/h6-7H,4-5,11H2,1-3H3,(H,13,15). The molecule has 16 heavy (non-hydrogen) atoms. The van der Waals surface area contributed by atoms with Crippen LogP contribution in [0.2, 0.25) is 0 Å². The Morgan fingerprint density at radius 2 is 2.44 bits per heavy atom. The van der Waals surface area contributed by atoms with Gasteiger partial charge in [-0.25, -0.2) is 0 Å². The Morgan fingerprint density at radius 1 is 1.75 bits per heavy atom. The highest BCUT2D eigenvalue weighted by atomic mass is 16.5. The molecule has 1 rings (SSSR count). The molecule has 0 aliphatic heterocycles. The quantitative estimate of drug-likeness (QED) is 0.776. The molecule has 0 aromatic carbocycles. The summed E-state index contributed by atoms with van der Waals surface area (Å²) in [5.74, 6) is 0.453. The summed E-state index contributed by atoms with van der Waals surface area (Å²) in [5, 5.41) is 6.65. The predicted molar refractivity (Wildman–Crippen MR) is 62.0 cm³/mol. The summed E-state index contributed by atoms with van der Waals surface area (Å²) in [6, 6.07) is 0. The molecule has 1 amide bonds. The van der Waals surface area contributed by atoms with Gasteiger partial charge in [-0.15, -0.1) is 0 Å². The van der Waals surface area contributed by atoms with Gasteiger partial charge in [0.1, 0.15) is 0 Å². The van der Waals surface area contributed by atoms with E-state index in [9.17, 15) is 4.79 Å². The second-order valence-corrected chi connectivity index (χ2v) is 3.71. The number of aromatic nitrogens is 2. The van der Waals surface area contributed by atoms with Crippen LogP contribution in [0.3, 0.4) is 0 Å². The van der Waals surface area contributed by atoms with Gasteiger partial charge in [-0.3, -0.25) is 9.48 Å². The molecule has 1 aromatic heterocycles. The van der Waals surface area contributed by atoms with E-state index in [0.29, 0.717) is 24.3 Å². The Kier molecular flexibility index (Phi) is 4.30. The van der Waals surface area contributed by atoms with E-state index >= 15 is 0 Å². The zero-order valence-corrected chi connectivity index (χ0v) is 9.86. The third kappa shape index (κ3) is 3.23. The minimum Gasteiger partial charge on any atom is -0.394 e. The summed E-state index contributed by atoms with van der Waals surface area (Å²) < 4.78 is 6.60. The van der Waals surface area contributed by atoms with Crippen molar-refractivity contribution in [2.45, 2.75) is 25.9 Å². The van der Waals surface area contributed by atoms with Crippen LogP contribution in [0.5, 0.6) is 0 Å². The number of hydrogen-bond donors (Lipinski definition) is 2. The molecule has 1 unspecified atom stereocenters. The molecule has 0 spiro atoms. The summed E-state index contributed by atoms with van der Waals surface area (Å²) in [4.78, 5) is 11.6. The first-order chi connectivity index (χ1) is 7.54. The molecule has 0 radical (unpaired) electrons. The van der Waals surface area contributed by atoms with Gasteiger partial charge in [0.2, 0.25) is 5.91 Å². The van der Waals surface area contributed by atoms with Crippen LogP contribution in [0, 0.1) is 0 Å². The largest absolute Gasteiger partial charge is 0.394 e. The maximum absolute atomic E-state index is 11.6. The molecule has 0 saturated carbocycles. The van der Waals surface area contributed by atoms with Crippen molar-refractivity contribution in [3.8, 4) is 0 Å². The van der Waals surface area contributed by atoms with Crippen LogP contribution in [0.4, 0.5) is 11.5 Å². The molecular weight excluding hydrogens is 208 g/mol. The number of carbonyl (C=O) groups excluding carboxylic acids is 1. The van der Waals surface area contributed by atoms with E-state index in [0.717, 1.165) is 0 Å². The third-order valence-corrected chi connectivity index (χ3v) is 2.41. The molecule has 1 aromatic rings. The fourth-order valence-electron chi connectivity index (χ4n) is 1.25. The lowest BCUT2D eigenvalue weighted by atomic mass is 10.2. The highest BCUT2D eigenvalue weighted by molar-refractivity contribution is 5.92. The number of aryl methyl sites for hydroxylation is 1. The molecule has 0 aliphatic carbocycles. The minimum atomic E-state index is -0.0841. The van der Waals surface area contributed by atoms with Gasteiger partial charge in [0, 0.05) is 20.6 Å². The summed E-state index contributed by atoms with van der Waals surface area (Å²) >= 11 is 0. The first kappa shape index (κ1) is 12.5. The fourth-order valence-corrected chi connectivity index (χ4v) is 1.25. The molecule has 3 N–H and O–H groups in total. The molecule has 1 heterocycles. The number of hydrogen-bond acceptors (Lipinski definition) is 4. The molecule has 0 aliphatic rings. The van der Waals surface area contributed by atoms with Crippen LogP contribution >= 0.6 is 0 Å². The van der Waals surface area contributed by atoms with E-state index < -0.39 is 0 Å². The molecule has 0 fully saturated rings. The minimum absolute atomic E-state index is 0.0784. The Hall–Kier alpha value is -1.56. The topological polar surface area (TPSA) is 82.2 Å². The number of nitrogens with one attached hydrogen (secondary N) is 1. The number of methoxy groups -OCH3 is 1. The second-order valence-electron chi connectivity index (χ2n) is 3.71. The highest BCUT2D eigenvalue weighted by Crippen LogP contribution is 2.16. The van der Waals surface area contributed by atoms with Gasteiger partial charge >= 0.3 is 0 Å². The zero-order chi connectivity index (χ0) is 12.1. The van der Waals surface area contributed by atoms with E-state index in [1.165, 1.54) is 10.9 Å².